The van der Waals surface area contributed by atoms with Crippen LogP contribution in [0.15, 0.2) is 35.5 Å². The van der Waals surface area contributed by atoms with E-state index in [-0.39, 0.29) is 6.10 Å². The normalized spacial score (nSPS) is 15.9. The molecule has 1 aliphatic rings. The van der Waals surface area contributed by atoms with E-state index in [0.29, 0.717) is 12.6 Å². The number of rotatable bonds is 5. The highest BCUT2D eigenvalue weighted by Crippen LogP contribution is 2.20. The Hall–Kier alpha value is -1.84. The summed E-state index contributed by atoms with van der Waals surface area (Å²) in [5.41, 5.74) is 6.60. The Bertz CT molecular complexity index is 614. The van der Waals surface area contributed by atoms with Crippen molar-refractivity contribution in [1.82, 2.24) is 4.90 Å². The van der Waals surface area contributed by atoms with Gasteiger partial charge in [0.15, 0.2) is 0 Å². The van der Waals surface area contributed by atoms with Crippen molar-refractivity contribution < 1.29 is 17.4 Å². The molecule has 142 valence electrons. The third kappa shape index (κ3) is 10.6. The highest BCUT2D eigenvalue weighted by atomic mass is 32.2. The molecule has 0 saturated heterocycles. The van der Waals surface area contributed by atoms with Crippen LogP contribution in [0.4, 0.5) is 0 Å². The van der Waals surface area contributed by atoms with Crippen LogP contribution in [0, 0.1) is 0 Å². The molecule has 1 aromatic carbocycles. The van der Waals surface area contributed by atoms with Gasteiger partial charge in [-0.3, -0.25) is 4.18 Å². The first-order chi connectivity index (χ1) is 11.8. The van der Waals surface area contributed by atoms with Crippen molar-refractivity contribution in [2.75, 3.05) is 14.1 Å². The lowest BCUT2D eigenvalue weighted by Gasteiger charge is -2.19. The van der Waals surface area contributed by atoms with E-state index >= 15 is 0 Å². The van der Waals surface area contributed by atoms with Crippen molar-refractivity contribution in [3.8, 4) is 0 Å². The zero-order valence-corrected chi connectivity index (χ0v) is 15.6. The second kappa shape index (κ2) is 10.9. The van der Waals surface area contributed by atoms with E-state index in [1.807, 2.05) is 44.4 Å². The number of nitrogens with zero attached hydrogens (tertiary/aromatic N) is 2. The third-order valence-corrected chi connectivity index (χ3v) is 4.05. The van der Waals surface area contributed by atoms with Crippen molar-refractivity contribution in [3.05, 3.63) is 35.9 Å². The summed E-state index contributed by atoms with van der Waals surface area (Å²) < 4.78 is 25.5. The van der Waals surface area contributed by atoms with Crippen molar-refractivity contribution >= 4 is 16.3 Å². The topological polar surface area (TPSA) is 120 Å². The summed E-state index contributed by atoms with van der Waals surface area (Å²) in [6.07, 6.45) is 4.72. The van der Waals surface area contributed by atoms with E-state index in [2.05, 4.69) is 9.34 Å². The number of hydrogen-bond acceptors (Lipinski definition) is 5. The zero-order valence-electron chi connectivity index (χ0n) is 14.8. The third-order valence-electron chi connectivity index (χ3n) is 3.51. The molecule has 0 bridgehead atoms. The maximum Gasteiger partial charge on any atom is 0.333 e. The molecule has 25 heavy (non-hydrogen) atoms. The van der Waals surface area contributed by atoms with Gasteiger partial charge in [0.05, 0.1) is 6.10 Å². The van der Waals surface area contributed by atoms with Crippen LogP contribution in [0.5, 0.6) is 0 Å². The summed E-state index contributed by atoms with van der Waals surface area (Å²) in [4.78, 5) is 6.75. The Morgan fingerprint density at radius 1 is 1.20 bits per heavy atom. The lowest BCUT2D eigenvalue weighted by Crippen LogP contribution is -2.30. The standard InChI is InChI=1S/C10H15N3O.C6H13NO3S/c1-13(2)10(11)12-14-8-9-6-4-3-5-7-9;7-11(8,9)10-6-4-2-1-3-5-6/h3-7H,8H2,1-2H3,(H2,11,12);6H,1-5H2,(H2,7,8,9). The highest BCUT2D eigenvalue weighted by Gasteiger charge is 2.18. The van der Waals surface area contributed by atoms with Crippen molar-refractivity contribution in [2.45, 2.75) is 44.8 Å². The van der Waals surface area contributed by atoms with E-state index < -0.39 is 10.3 Å². The summed E-state index contributed by atoms with van der Waals surface area (Å²) in [5.74, 6) is 0.362. The van der Waals surface area contributed by atoms with Crippen molar-refractivity contribution in [1.29, 1.82) is 0 Å². The van der Waals surface area contributed by atoms with E-state index in [1.54, 1.807) is 4.90 Å². The monoisotopic (exact) mass is 372 g/mol. The van der Waals surface area contributed by atoms with Gasteiger partial charge in [-0.25, -0.2) is 5.14 Å². The van der Waals surface area contributed by atoms with Crippen LogP contribution in [0.25, 0.3) is 0 Å². The fraction of sp³-hybridized carbons (Fsp3) is 0.562. The summed E-state index contributed by atoms with van der Waals surface area (Å²) in [5, 5.41) is 8.46. The number of oxime groups is 1. The molecule has 1 saturated carbocycles. The maximum absolute atomic E-state index is 10.5. The van der Waals surface area contributed by atoms with Crippen LogP contribution in [0.2, 0.25) is 0 Å². The van der Waals surface area contributed by atoms with Gasteiger partial charge in [0.2, 0.25) is 5.96 Å². The van der Waals surface area contributed by atoms with Gasteiger partial charge in [-0.2, -0.15) is 8.42 Å². The Balaban J connectivity index is 0.000000257. The van der Waals surface area contributed by atoms with Gasteiger partial charge in [0, 0.05) is 14.1 Å². The fourth-order valence-electron chi connectivity index (χ4n) is 2.18. The average molecular weight is 372 g/mol. The van der Waals surface area contributed by atoms with Gasteiger partial charge in [-0.05, 0) is 23.6 Å². The lowest BCUT2D eigenvalue weighted by molar-refractivity contribution is 0.126. The van der Waals surface area contributed by atoms with Gasteiger partial charge in [0.25, 0.3) is 0 Å². The largest absolute Gasteiger partial charge is 0.388 e. The summed E-state index contributed by atoms with van der Waals surface area (Å²) in [7, 11) is -0.103. The first-order valence-corrected chi connectivity index (χ1v) is 9.63. The molecule has 0 unspecified atom stereocenters. The van der Waals surface area contributed by atoms with Gasteiger partial charge in [-0.1, -0.05) is 49.6 Å². The van der Waals surface area contributed by atoms with Crippen LogP contribution in [-0.2, 0) is 25.9 Å². The Kier molecular flexibility index (Phi) is 9.25. The SMILES string of the molecule is CN(C)/C(N)=N/OCc1ccccc1.NS(=O)(=O)OC1CCCCC1. The highest BCUT2D eigenvalue weighted by molar-refractivity contribution is 7.84. The zero-order chi connectivity index (χ0) is 18.7. The number of nitrogens with two attached hydrogens (primary N) is 2. The molecule has 2 rings (SSSR count). The molecule has 0 aliphatic heterocycles. The van der Waals surface area contributed by atoms with Crippen LogP contribution in [0.1, 0.15) is 37.7 Å². The molecule has 4 N–H and O–H groups in total. The second-order valence-electron chi connectivity index (χ2n) is 5.95. The van der Waals surface area contributed by atoms with E-state index in [1.165, 1.54) is 6.42 Å². The van der Waals surface area contributed by atoms with Gasteiger partial charge in [0.1, 0.15) is 6.61 Å². The first kappa shape index (κ1) is 21.2. The molecule has 8 nitrogen and oxygen atoms in total. The molecular weight excluding hydrogens is 344 g/mol. The van der Waals surface area contributed by atoms with E-state index in [9.17, 15) is 8.42 Å². The summed E-state index contributed by atoms with van der Waals surface area (Å²) in [6, 6.07) is 9.82. The molecule has 0 aromatic heterocycles. The predicted octanol–water partition coefficient (Wildman–Crippen LogP) is 1.53. The molecule has 9 heteroatoms. The number of benzene rings is 1. The number of hydrogen-bond donors (Lipinski definition) is 2. The quantitative estimate of drug-likeness (QED) is 0.459. The van der Waals surface area contributed by atoms with Crippen molar-refractivity contribution in [3.63, 3.8) is 0 Å². The molecule has 1 fully saturated rings. The lowest BCUT2D eigenvalue weighted by atomic mass is 9.98. The minimum absolute atomic E-state index is 0.168. The average Bonchev–Trinajstić information content (AvgIpc) is 2.55. The predicted molar refractivity (Wildman–Crippen MR) is 97.6 cm³/mol. The van der Waals surface area contributed by atoms with Gasteiger partial charge in [-0.15, -0.1) is 0 Å². The molecular formula is C16H28N4O4S. The van der Waals surface area contributed by atoms with Crippen LogP contribution >= 0.6 is 0 Å². The summed E-state index contributed by atoms with van der Waals surface area (Å²) in [6.45, 7) is 0.440. The maximum atomic E-state index is 10.5. The Morgan fingerprint density at radius 2 is 1.80 bits per heavy atom. The Labute approximate surface area is 150 Å². The molecule has 0 atom stereocenters. The van der Waals surface area contributed by atoms with Crippen LogP contribution in [-0.4, -0.2) is 39.5 Å². The van der Waals surface area contributed by atoms with E-state index in [4.69, 9.17) is 15.7 Å². The van der Waals surface area contributed by atoms with Gasteiger partial charge < -0.3 is 15.5 Å². The van der Waals surface area contributed by atoms with Gasteiger partial charge >= 0.3 is 10.3 Å². The second-order valence-corrected chi connectivity index (χ2v) is 7.13. The molecule has 0 heterocycles. The molecule has 0 spiro atoms. The number of guanidine groups is 1. The minimum Gasteiger partial charge on any atom is -0.388 e. The molecule has 0 amide bonds. The van der Waals surface area contributed by atoms with Crippen LogP contribution < -0.4 is 10.9 Å². The smallest absolute Gasteiger partial charge is 0.333 e. The fourth-order valence-corrected chi connectivity index (χ4v) is 2.75. The first-order valence-electron chi connectivity index (χ1n) is 8.15. The summed E-state index contributed by atoms with van der Waals surface area (Å²) >= 11 is 0. The molecule has 1 aromatic rings. The van der Waals surface area contributed by atoms with Crippen molar-refractivity contribution in [2.24, 2.45) is 16.0 Å². The molecule has 1 aliphatic carbocycles. The van der Waals surface area contributed by atoms with Crippen LogP contribution in [0.3, 0.4) is 0 Å². The minimum atomic E-state index is -3.72. The Morgan fingerprint density at radius 3 is 2.32 bits per heavy atom. The molecule has 0 radical (unpaired) electrons. The van der Waals surface area contributed by atoms with E-state index in [0.717, 1.165) is 31.2 Å².